The van der Waals surface area contributed by atoms with E-state index in [-0.39, 0.29) is 0 Å². The van der Waals surface area contributed by atoms with Crippen LogP contribution in [-0.2, 0) is 7.05 Å². The summed E-state index contributed by atoms with van der Waals surface area (Å²) in [6.07, 6.45) is 4.16. The molecule has 1 heterocycles. The van der Waals surface area contributed by atoms with Gasteiger partial charge in [-0.3, -0.25) is 0 Å². The summed E-state index contributed by atoms with van der Waals surface area (Å²) >= 11 is 0. The molecule has 0 aliphatic heterocycles. The molecule has 13 heavy (non-hydrogen) atoms. The Labute approximate surface area is 79.4 Å². The monoisotopic (exact) mass is 182 g/mol. The van der Waals surface area contributed by atoms with Gasteiger partial charge in [-0.25, -0.2) is 0 Å². The van der Waals surface area contributed by atoms with Crippen molar-refractivity contribution in [2.24, 2.45) is 7.05 Å². The SMILES string of the molecule is CCCCNC(C)c1nncn1C. The summed E-state index contributed by atoms with van der Waals surface area (Å²) in [6.45, 7) is 5.35. The van der Waals surface area contributed by atoms with Gasteiger partial charge in [-0.1, -0.05) is 13.3 Å². The van der Waals surface area contributed by atoms with E-state index in [1.165, 1.54) is 12.8 Å². The molecule has 0 bridgehead atoms. The standard InChI is InChI=1S/C9H18N4/c1-4-5-6-10-8(2)9-12-11-7-13(9)3/h7-8,10H,4-6H2,1-3H3. The molecule has 0 fully saturated rings. The molecule has 0 aliphatic carbocycles. The quantitative estimate of drug-likeness (QED) is 0.697. The summed E-state index contributed by atoms with van der Waals surface area (Å²) < 4.78 is 1.95. The first-order chi connectivity index (χ1) is 6.25. The molecule has 1 unspecified atom stereocenters. The molecule has 1 rings (SSSR count). The van der Waals surface area contributed by atoms with E-state index in [0.717, 1.165) is 12.4 Å². The fraction of sp³-hybridized carbons (Fsp3) is 0.778. The third kappa shape index (κ3) is 2.81. The Morgan fingerprint density at radius 1 is 1.62 bits per heavy atom. The van der Waals surface area contributed by atoms with Crippen molar-refractivity contribution in [2.45, 2.75) is 32.7 Å². The van der Waals surface area contributed by atoms with Gasteiger partial charge in [0.15, 0.2) is 0 Å². The number of unbranched alkanes of at least 4 members (excludes halogenated alkanes) is 1. The molecule has 0 saturated carbocycles. The number of aromatic nitrogens is 3. The van der Waals surface area contributed by atoms with Crippen molar-refractivity contribution in [3.05, 3.63) is 12.2 Å². The van der Waals surface area contributed by atoms with Crippen LogP contribution in [0.15, 0.2) is 6.33 Å². The second-order valence-electron chi connectivity index (χ2n) is 3.33. The topological polar surface area (TPSA) is 42.7 Å². The molecule has 0 aromatic carbocycles. The van der Waals surface area contributed by atoms with Crippen LogP contribution in [0.25, 0.3) is 0 Å². The highest BCUT2D eigenvalue weighted by molar-refractivity contribution is 4.91. The molecule has 0 aliphatic rings. The average Bonchev–Trinajstić information content (AvgIpc) is 2.52. The molecule has 0 radical (unpaired) electrons. The lowest BCUT2D eigenvalue weighted by molar-refractivity contribution is 0.517. The van der Waals surface area contributed by atoms with Gasteiger partial charge >= 0.3 is 0 Å². The van der Waals surface area contributed by atoms with Crippen LogP contribution < -0.4 is 5.32 Å². The lowest BCUT2D eigenvalue weighted by Gasteiger charge is -2.11. The molecule has 0 amide bonds. The summed E-state index contributed by atoms with van der Waals surface area (Å²) in [5, 5.41) is 11.3. The fourth-order valence-corrected chi connectivity index (χ4v) is 1.27. The Morgan fingerprint density at radius 3 is 2.92 bits per heavy atom. The van der Waals surface area contributed by atoms with Gasteiger partial charge < -0.3 is 9.88 Å². The number of nitrogens with zero attached hydrogens (tertiary/aromatic N) is 3. The highest BCUT2D eigenvalue weighted by Crippen LogP contribution is 2.06. The smallest absolute Gasteiger partial charge is 0.149 e. The Balaban J connectivity index is 2.39. The van der Waals surface area contributed by atoms with E-state index in [0.29, 0.717) is 6.04 Å². The van der Waals surface area contributed by atoms with Crippen molar-refractivity contribution in [2.75, 3.05) is 6.54 Å². The zero-order valence-electron chi connectivity index (χ0n) is 8.62. The van der Waals surface area contributed by atoms with Crippen LogP contribution in [0.1, 0.15) is 38.6 Å². The maximum Gasteiger partial charge on any atom is 0.149 e. The van der Waals surface area contributed by atoms with Gasteiger partial charge in [0.1, 0.15) is 12.2 Å². The number of aryl methyl sites for hydroxylation is 1. The average molecular weight is 182 g/mol. The predicted molar refractivity (Wildman–Crippen MR) is 52.3 cm³/mol. The lowest BCUT2D eigenvalue weighted by atomic mass is 10.3. The van der Waals surface area contributed by atoms with E-state index >= 15 is 0 Å². The maximum atomic E-state index is 4.04. The molecule has 1 atom stereocenters. The van der Waals surface area contributed by atoms with E-state index in [4.69, 9.17) is 0 Å². The van der Waals surface area contributed by atoms with E-state index in [1.54, 1.807) is 6.33 Å². The fourth-order valence-electron chi connectivity index (χ4n) is 1.27. The van der Waals surface area contributed by atoms with Crippen molar-refractivity contribution in [1.82, 2.24) is 20.1 Å². The van der Waals surface area contributed by atoms with Crippen LogP contribution in [0, 0.1) is 0 Å². The molecular weight excluding hydrogens is 164 g/mol. The van der Waals surface area contributed by atoms with Gasteiger partial charge in [0.2, 0.25) is 0 Å². The molecule has 4 heteroatoms. The van der Waals surface area contributed by atoms with E-state index in [1.807, 2.05) is 11.6 Å². The van der Waals surface area contributed by atoms with E-state index < -0.39 is 0 Å². The highest BCUT2D eigenvalue weighted by Gasteiger charge is 2.09. The Kier molecular flexibility index (Phi) is 3.89. The Bertz CT molecular complexity index is 244. The summed E-state index contributed by atoms with van der Waals surface area (Å²) in [6, 6.07) is 0.291. The van der Waals surface area contributed by atoms with Crippen molar-refractivity contribution >= 4 is 0 Å². The predicted octanol–water partition coefficient (Wildman–Crippen LogP) is 1.27. The van der Waals surface area contributed by atoms with Crippen LogP contribution in [-0.4, -0.2) is 21.3 Å². The lowest BCUT2D eigenvalue weighted by Crippen LogP contribution is -2.22. The van der Waals surface area contributed by atoms with Crippen molar-refractivity contribution < 1.29 is 0 Å². The van der Waals surface area contributed by atoms with Gasteiger partial charge in [-0.15, -0.1) is 10.2 Å². The molecule has 4 nitrogen and oxygen atoms in total. The largest absolute Gasteiger partial charge is 0.319 e. The van der Waals surface area contributed by atoms with Crippen LogP contribution in [0.5, 0.6) is 0 Å². The minimum Gasteiger partial charge on any atom is -0.319 e. The highest BCUT2D eigenvalue weighted by atomic mass is 15.3. The molecule has 1 aromatic rings. The number of nitrogens with one attached hydrogen (secondary N) is 1. The summed E-state index contributed by atoms with van der Waals surface area (Å²) in [5.74, 6) is 0.996. The zero-order chi connectivity index (χ0) is 9.68. The van der Waals surface area contributed by atoms with Crippen molar-refractivity contribution in [3.8, 4) is 0 Å². The summed E-state index contributed by atoms with van der Waals surface area (Å²) in [5.41, 5.74) is 0. The van der Waals surface area contributed by atoms with Crippen LogP contribution >= 0.6 is 0 Å². The summed E-state index contributed by atoms with van der Waals surface area (Å²) in [7, 11) is 1.97. The van der Waals surface area contributed by atoms with Crippen LogP contribution in [0.3, 0.4) is 0 Å². The van der Waals surface area contributed by atoms with Gasteiger partial charge in [-0.2, -0.15) is 0 Å². The van der Waals surface area contributed by atoms with Crippen molar-refractivity contribution in [1.29, 1.82) is 0 Å². The van der Waals surface area contributed by atoms with E-state index in [2.05, 4.69) is 29.4 Å². The minimum absolute atomic E-state index is 0.291. The van der Waals surface area contributed by atoms with Crippen molar-refractivity contribution in [3.63, 3.8) is 0 Å². The summed E-state index contributed by atoms with van der Waals surface area (Å²) in [4.78, 5) is 0. The molecule has 0 spiro atoms. The third-order valence-electron chi connectivity index (χ3n) is 2.11. The third-order valence-corrected chi connectivity index (χ3v) is 2.11. The Morgan fingerprint density at radius 2 is 2.38 bits per heavy atom. The minimum atomic E-state index is 0.291. The Hall–Kier alpha value is -0.900. The first kappa shape index (κ1) is 10.2. The second-order valence-corrected chi connectivity index (χ2v) is 3.33. The maximum absolute atomic E-state index is 4.04. The molecule has 1 aromatic heterocycles. The molecule has 0 saturated heterocycles. The first-order valence-electron chi connectivity index (χ1n) is 4.83. The van der Waals surface area contributed by atoms with Crippen LogP contribution in [0.4, 0.5) is 0 Å². The molecule has 74 valence electrons. The first-order valence-corrected chi connectivity index (χ1v) is 4.83. The van der Waals surface area contributed by atoms with E-state index in [9.17, 15) is 0 Å². The number of rotatable bonds is 5. The molecular formula is C9H18N4. The van der Waals surface area contributed by atoms with Crippen LogP contribution in [0.2, 0.25) is 0 Å². The van der Waals surface area contributed by atoms with Gasteiger partial charge in [0.25, 0.3) is 0 Å². The van der Waals surface area contributed by atoms with Gasteiger partial charge in [0.05, 0.1) is 6.04 Å². The van der Waals surface area contributed by atoms with Gasteiger partial charge in [-0.05, 0) is 19.9 Å². The zero-order valence-corrected chi connectivity index (χ0v) is 8.62. The second kappa shape index (κ2) is 4.97. The number of hydrogen-bond acceptors (Lipinski definition) is 3. The number of hydrogen-bond donors (Lipinski definition) is 1. The normalized spacial score (nSPS) is 13.2. The van der Waals surface area contributed by atoms with Gasteiger partial charge in [0, 0.05) is 7.05 Å². The molecule has 1 N–H and O–H groups in total.